The highest BCUT2D eigenvalue weighted by Crippen LogP contribution is 2.28. The van der Waals surface area contributed by atoms with Crippen LogP contribution in [0.4, 0.5) is 13.2 Å². The zero-order chi connectivity index (χ0) is 18.8. The Labute approximate surface area is 142 Å². The van der Waals surface area contributed by atoms with Gasteiger partial charge in [0, 0.05) is 13.1 Å². The summed E-state index contributed by atoms with van der Waals surface area (Å²) < 4.78 is 68.6. The van der Waals surface area contributed by atoms with Crippen molar-refractivity contribution in [3.05, 3.63) is 29.8 Å². The molecule has 11 heteroatoms. The van der Waals surface area contributed by atoms with E-state index in [4.69, 9.17) is 5.11 Å². The maximum atomic E-state index is 12.8. The van der Waals surface area contributed by atoms with Crippen LogP contribution in [0.3, 0.4) is 0 Å². The lowest BCUT2D eigenvalue weighted by Crippen LogP contribution is -2.56. The third-order valence-corrected chi connectivity index (χ3v) is 5.26. The lowest BCUT2D eigenvalue weighted by Gasteiger charge is -2.38. The van der Waals surface area contributed by atoms with E-state index in [9.17, 15) is 26.4 Å². The third kappa shape index (κ3) is 4.69. The van der Waals surface area contributed by atoms with Gasteiger partial charge in [0.1, 0.15) is 6.04 Å². The van der Waals surface area contributed by atoms with Gasteiger partial charge in [0.15, 0.2) is 6.10 Å². The molecule has 1 aromatic rings. The minimum atomic E-state index is -4.59. The predicted octanol–water partition coefficient (Wildman–Crippen LogP) is 0.811. The molecule has 1 aliphatic heterocycles. The summed E-state index contributed by atoms with van der Waals surface area (Å²) in [4.78, 5) is 12.4. The smallest absolute Gasteiger partial charge is 0.415 e. The Morgan fingerprint density at radius 1 is 1.36 bits per heavy atom. The van der Waals surface area contributed by atoms with E-state index in [1.165, 1.54) is 31.3 Å². The molecule has 1 aliphatic rings. The van der Waals surface area contributed by atoms with E-state index in [1.54, 1.807) is 0 Å². The topological polar surface area (TPSA) is 95.9 Å². The molecule has 7 nitrogen and oxygen atoms in total. The second-order valence-electron chi connectivity index (χ2n) is 5.50. The SMILES string of the molecule is CNS(=O)(=O)c1ccc(CN2C[C@H](C(F)(F)F)OC[C@@H]2C(=O)O)cc1. The first-order chi connectivity index (χ1) is 11.5. The Morgan fingerprint density at radius 3 is 2.44 bits per heavy atom. The number of rotatable bonds is 5. The molecule has 2 N–H and O–H groups in total. The van der Waals surface area contributed by atoms with Gasteiger partial charge in [-0.1, -0.05) is 12.1 Å². The Hall–Kier alpha value is -1.69. The van der Waals surface area contributed by atoms with Crippen molar-refractivity contribution in [3.63, 3.8) is 0 Å². The molecule has 0 radical (unpaired) electrons. The first kappa shape index (κ1) is 19.6. The number of nitrogens with one attached hydrogen (secondary N) is 1. The van der Waals surface area contributed by atoms with Gasteiger partial charge in [-0.25, -0.2) is 13.1 Å². The van der Waals surface area contributed by atoms with Crippen molar-refractivity contribution in [3.8, 4) is 0 Å². The number of benzene rings is 1. The number of carboxylic acids is 1. The zero-order valence-corrected chi connectivity index (χ0v) is 14.0. The quantitative estimate of drug-likeness (QED) is 0.783. The van der Waals surface area contributed by atoms with Gasteiger partial charge in [-0.3, -0.25) is 9.69 Å². The summed E-state index contributed by atoms with van der Waals surface area (Å²) in [5.74, 6) is -1.28. The fraction of sp³-hybridized carbons (Fsp3) is 0.500. The maximum absolute atomic E-state index is 12.8. The van der Waals surface area contributed by atoms with Gasteiger partial charge in [0.2, 0.25) is 10.0 Å². The fourth-order valence-electron chi connectivity index (χ4n) is 2.43. The molecule has 2 rings (SSSR count). The number of carbonyl (C=O) groups is 1. The number of aliphatic carboxylic acids is 1. The molecule has 1 saturated heterocycles. The van der Waals surface area contributed by atoms with Crippen LogP contribution in [-0.4, -0.2) is 62.9 Å². The van der Waals surface area contributed by atoms with Gasteiger partial charge < -0.3 is 9.84 Å². The Kier molecular flexibility index (Phi) is 5.72. The number of sulfonamides is 1. The molecule has 25 heavy (non-hydrogen) atoms. The summed E-state index contributed by atoms with van der Waals surface area (Å²) in [6.45, 7) is -1.27. The van der Waals surface area contributed by atoms with Crippen LogP contribution in [0.1, 0.15) is 5.56 Å². The first-order valence-electron chi connectivity index (χ1n) is 7.22. The normalized spacial score (nSPS) is 22.7. The van der Waals surface area contributed by atoms with Crippen molar-refractivity contribution < 1.29 is 36.2 Å². The van der Waals surface area contributed by atoms with Crippen LogP contribution in [0.2, 0.25) is 0 Å². The van der Waals surface area contributed by atoms with Crippen LogP contribution >= 0.6 is 0 Å². The molecule has 0 saturated carbocycles. The molecule has 0 unspecified atom stereocenters. The van der Waals surface area contributed by atoms with Crippen LogP contribution in [0.15, 0.2) is 29.2 Å². The maximum Gasteiger partial charge on any atom is 0.415 e. The van der Waals surface area contributed by atoms with Crippen LogP contribution in [-0.2, 0) is 26.1 Å². The molecule has 1 heterocycles. The molecule has 1 fully saturated rings. The van der Waals surface area contributed by atoms with Gasteiger partial charge in [0.05, 0.1) is 11.5 Å². The highest BCUT2D eigenvalue weighted by atomic mass is 32.2. The standard InChI is InChI=1S/C14H17F3N2O5S/c1-18-25(22,23)10-4-2-9(3-5-10)6-19-7-12(14(15,16)17)24-8-11(19)13(20)21/h2-5,11-12,18H,6-8H2,1H3,(H,20,21)/t11-,12-/m1/s1. The molecule has 0 aromatic heterocycles. The van der Waals surface area contributed by atoms with Crippen molar-refractivity contribution in [1.29, 1.82) is 0 Å². The number of carboxylic acid groups (broad SMARTS) is 1. The summed E-state index contributed by atoms with van der Waals surface area (Å²) in [6.07, 6.45) is -6.65. The van der Waals surface area contributed by atoms with Crippen molar-refractivity contribution in [1.82, 2.24) is 9.62 Å². The van der Waals surface area contributed by atoms with Crippen molar-refractivity contribution in [2.24, 2.45) is 0 Å². The Bertz CT molecular complexity index is 721. The van der Waals surface area contributed by atoms with E-state index in [1.807, 2.05) is 0 Å². The molecular formula is C14H17F3N2O5S. The van der Waals surface area contributed by atoms with E-state index >= 15 is 0 Å². The van der Waals surface area contributed by atoms with Crippen molar-refractivity contribution in [2.45, 2.75) is 29.8 Å². The van der Waals surface area contributed by atoms with E-state index in [0.29, 0.717) is 5.56 Å². The van der Waals surface area contributed by atoms with E-state index in [2.05, 4.69) is 9.46 Å². The molecule has 0 aliphatic carbocycles. The lowest BCUT2D eigenvalue weighted by molar-refractivity contribution is -0.246. The summed E-state index contributed by atoms with van der Waals surface area (Å²) in [5, 5.41) is 9.17. The van der Waals surface area contributed by atoms with E-state index in [0.717, 1.165) is 4.90 Å². The van der Waals surface area contributed by atoms with E-state index in [-0.39, 0.29) is 11.4 Å². The molecule has 140 valence electrons. The minimum absolute atomic E-state index is 0.00341. The zero-order valence-electron chi connectivity index (χ0n) is 13.2. The van der Waals surface area contributed by atoms with Crippen LogP contribution in [0, 0.1) is 0 Å². The predicted molar refractivity (Wildman–Crippen MR) is 80.3 cm³/mol. The Balaban J connectivity index is 2.18. The molecule has 1 aromatic carbocycles. The average Bonchev–Trinajstić information content (AvgIpc) is 2.54. The van der Waals surface area contributed by atoms with Crippen molar-refractivity contribution in [2.75, 3.05) is 20.2 Å². The second-order valence-corrected chi connectivity index (χ2v) is 7.39. The number of alkyl halides is 3. The second kappa shape index (κ2) is 7.28. The molecule has 0 amide bonds. The fourth-order valence-corrected chi connectivity index (χ4v) is 3.16. The largest absolute Gasteiger partial charge is 0.480 e. The molecular weight excluding hydrogens is 365 g/mol. The minimum Gasteiger partial charge on any atom is -0.480 e. The van der Waals surface area contributed by atoms with Crippen LogP contribution in [0.25, 0.3) is 0 Å². The number of nitrogens with zero attached hydrogens (tertiary/aromatic N) is 1. The highest BCUT2D eigenvalue weighted by molar-refractivity contribution is 7.89. The summed E-state index contributed by atoms with van der Waals surface area (Å²) in [6, 6.07) is 4.26. The number of ether oxygens (including phenoxy) is 1. The van der Waals surface area contributed by atoms with E-state index < -0.39 is 47.5 Å². The van der Waals surface area contributed by atoms with Gasteiger partial charge in [0.25, 0.3) is 0 Å². The molecule has 0 spiro atoms. The third-order valence-electron chi connectivity index (χ3n) is 3.83. The average molecular weight is 382 g/mol. The van der Waals surface area contributed by atoms with Crippen LogP contribution < -0.4 is 4.72 Å². The summed E-state index contributed by atoms with van der Waals surface area (Å²) in [5.41, 5.74) is 0.490. The lowest BCUT2D eigenvalue weighted by atomic mass is 10.1. The van der Waals surface area contributed by atoms with Gasteiger partial charge in [-0.15, -0.1) is 0 Å². The molecule has 0 bridgehead atoms. The van der Waals surface area contributed by atoms with Crippen LogP contribution in [0.5, 0.6) is 0 Å². The van der Waals surface area contributed by atoms with Gasteiger partial charge in [-0.2, -0.15) is 13.2 Å². The monoisotopic (exact) mass is 382 g/mol. The summed E-state index contributed by atoms with van der Waals surface area (Å²) >= 11 is 0. The highest BCUT2D eigenvalue weighted by Gasteiger charge is 2.47. The van der Waals surface area contributed by atoms with Crippen molar-refractivity contribution >= 4 is 16.0 Å². The van der Waals surface area contributed by atoms with Gasteiger partial charge >= 0.3 is 12.1 Å². The number of hydrogen-bond acceptors (Lipinski definition) is 5. The number of hydrogen-bond donors (Lipinski definition) is 2. The first-order valence-corrected chi connectivity index (χ1v) is 8.70. The number of halogens is 3. The molecule has 2 atom stereocenters. The summed E-state index contributed by atoms with van der Waals surface area (Å²) in [7, 11) is -2.37. The van der Waals surface area contributed by atoms with Gasteiger partial charge in [-0.05, 0) is 24.7 Å². The number of morpholine rings is 1. The Morgan fingerprint density at radius 2 is 1.96 bits per heavy atom.